The van der Waals surface area contributed by atoms with E-state index in [0.717, 1.165) is 5.56 Å². The second-order valence-corrected chi connectivity index (χ2v) is 7.27. The average molecular weight is 451 g/mol. The van der Waals surface area contributed by atoms with Gasteiger partial charge in [-0.2, -0.15) is 0 Å². The van der Waals surface area contributed by atoms with Crippen LogP contribution >= 0.6 is 0 Å². The van der Waals surface area contributed by atoms with Crippen molar-refractivity contribution in [3.05, 3.63) is 83.4 Å². The molecule has 0 saturated heterocycles. The summed E-state index contributed by atoms with van der Waals surface area (Å²) in [5, 5.41) is 31.5. The number of amides is 1. The van der Waals surface area contributed by atoms with Crippen molar-refractivity contribution in [3.8, 4) is 0 Å². The van der Waals surface area contributed by atoms with E-state index in [1.807, 2.05) is 6.07 Å². The Bertz CT molecular complexity index is 1180. The summed E-state index contributed by atoms with van der Waals surface area (Å²) in [6, 6.07) is 16.9. The van der Waals surface area contributed by atoms with Crippen LogP contribution in [0, 0.1) is 0 Å². The Kier molecular flexibility index (Phi) is 7.24. The van der Waals surface area contributed by atoms with Crippen molar-refractivity contribution in [2.24, 2.45) is 0 Å². The highest BCUT2D eigenvalue weighted by Crippen LogP contribution is 2.29. The summed E-state index contributed by atoms with van der Waals surface area (Å²) in [7, 11) is 0. The molecule has 9 heteroatoms. The van der Waals surface area contributed by atoms with E-state index in [4.69, 9.17) is 4.74 Å². The molecular weight excluding hydrogens is 430 g/mol. The first-order valence-corrected chi connectivity index (χ1v) is 9.94. The molecule has 3 aromatic carbocycles. The molecule has 1 atom stereocenters. The summed E-state index contributed by atoms with van der Waals surface area (Å²) in [5.41, 5.74) is 1.32. The fourth-order valence-electron chi connectivity index (χ4n) is 3.51. The molecular formula is C24H21NO8. The molecule has 4 N–H and O–H groups in total. The largest absolute Gasteiger partial charge is 0.480 e. The van der Waals surface area contributed by atoms with E-state index >= 15 is 0 Å². The Labute approximate surface area is 188 Å². The third-order valence-electron chi connectivity index (χ3n) is 5.08. The zero-order valence-electron chi connectivity index (χ0n) is 17.3. The maximum atomic E-state index is 12.2. The molecule has 0 unspecified atom stereocenters. The lowest BCUT2D eigenvalue weighted by Gasteiger charge is -2.18. The number of carbonyl (C=O) groups is 4. The van der Waals surface area contributed by atoms with E-state index in [1.54, 1.807) is 48.5 Å². The molecule has 1 amide bonds. The first-order valence-electron chi connectivity index (χ1n) is 9.94. The van der Waals surface area contributed by atoms with Gasteiger partial charge in [0.2, 0.25) is 0 Å². The lowest BCUT2D eigenvalue weighted by Crippen LogP contribution is -2.42. The summed E-state index contributed by atoms with van der Waals surface area (Å²) < 4.78 is 5.09. The molecule has 0 radical (unpaired) electrons. The van der Waals surface area contributed by atoms with Crippen LogP contribution in [0.3, 0.4) is 0 Å². The van der Waals surface area contributed by atoms with Gasteiger partial charge >= 0.3 is 24.0 Å². The maximum absolute atomic E-state index is 12.2. The molecule has 0 aliphatic rings. The van der Waals surface area contributed by atoms with E-state index in [1.165, 1.54) is 12.1 Å². The molecule has 0 bridgehead atoms. The standard InChI is InChI=1S/C24H21NO8/c26-21(27)19(25-24(32)33-13-14-6-2-1-3-7-14)12-15-10-11-18(20(22(28)29)23(30)31)17-9-5-4-8-16(15)17/h1-11,19-20H,12-13H2,(H,25,32)(H,26,27)(H,28,29)(H,30,31)/t19-/m0/s1. The monoisotopic (exact) mass is 451 g/mol. The topological polar surface area (TPSA) is 150 Å². The fourth-order valence-corrected chi connectivity index (χ4v) is 3.51. The normalized spacial score (nSPS) is 11.7. The van der Waals surface area contributed by atoms with Crippen molar-refractivity contribution in [1.29, 1.82) is 0 Å². The van der Waals surface area contributed by atoms with Crippen molar-refractivity contribution in [1.82, 2.24) is 5.32 Å². The van der Waals surface area contributed by atoms with Crippen molar-refractivity contribution < 1.29 is 39.2 Å². The smallest absolute Gasteiger partial charge is 0.408 e. The number of aliphatic carboxylic acids is 3. The third kappa shape index (κ3) is 5.65. The quantitative estimate of drug-likeness (QED) is 0.363. The number of fused-ring (bicyclic) bond motifs is 1. The zero-order valence-corrected chi connectivity index (χ0v) is 17.3. The van der Waals surface area contributed by atoms with Gasteiger partial charge in [0.05, 0.1) is 0 Å². The number of alkyl carbamates (subject to hydrolysis) is 1. The van der Waals surface area contributed by atoms with Crippen LogP contribution in [-0.2, 0) is 32.1 Å². The van der Waals surface area contributed by atoms with Gasteiger partial charge in [-0.15, -0.1) is 0 Å². The maximum Gasteiger partial charge on any atom is 0.408 e. The van der Waals surface area contributed by atoms with Crippen LogP contribution in [0.2, 0.25) is 0 Å². The van der Waals surface area contributed by atoms with Gasteiger partial charge in [0.15, 0.2) is 5.92 Å². The minimum atomic E-state index is -1.77. The van der Waals surface area contributed by atoms with Crippen molar-refractivity contribution in [3.63, 3.8) is 0 Å². The Hall–Kier alpha value is -4.40. The van der Waals surface area contributed by atoms with Gasteiger partial charge in [-0.25, -0.2) is 9.59 Å². The van der Waals surface area contributed by atoms with Gasteiger partial charge in [-0.05, 0) is 27.5 Å². The molecule has 9 nitrogen and oxygen atoms in total. The predicted octanol–water partition coefficient (Wildman–Crippen LogP) is 3.01. The number of nitrogens with one attached hydrogen (secondary N) is 1. The van der Waals surface area contributed by atoms with E-state index < -0.39 is 36.0 Å². The third-order valence-corrected chi connectivity index (χ3v) is 5.08. The van der Waals surface area contributed by atoms with Gasteiger partial charge in [0.25, 0.3) is 0 Å². The SMILES string of the molecule is O=C(N[C@@H](Cc1ccc(C(C(=O)O)C(=O)O)c2ccccc12)C(=O)O)OCc1ccccc1. The summed E-state index contributed by atoms with van der Waals surface area (Å²) in [5.74, 6) is -6.07. The molecule has 0 aliphatic heterocycles. The molecule has 3 rings (SSSR count). The van der Waals surface area contributed by atoms with Crippen LogP contribution < -0.4 is 5.32 Å². The summed E-state index contributed by atoms with van der Waals surface area (Å²) in [6.45, 7) is -0.0254. The highest BCUT2D eigenvalue weighted by atomic mass is 16.5. The van der Waals surface area contributed by atoms with Gasteiger partial charge in [0, 0.05) is 6.42 Å². The number of hydrogen-bond acceptors (Lipinski definition) is 5. The fraction of sp³-hybridized carbons (Fsp3) is 0.167. The van der Waals surface area contributed by atoms with Crippen LogP contribution in [0.4, 0.5) is 4.79 Å². The highest BCUT2D eigenvalue weighted by Gasteiger charge is 2.30. The van der Waals surface area contributed by atoms with Crippen LogP contribution in [0.25, 0.3) is 10.8 Å². The van der Waals surface area contributed by atoms with E-state index in [9.17, 15) is 34.5 Å². The lowest BCUT2D eigenvalue weighted by molar-refractivity contribution is -0.150. The number of benzene rings is 3. The number of carboxylic acid groups (broad SMARTS) is 3. The first-order chi connectivity index (χ1) is 15.8. The highest BCUT2D eigenvalue weighted by molar-refractivity contribution is 6.04. The number of rotatable bonds is 9. The van der Waals surface area contributed by atoms with Gasteiger partial charge in [-0.1, -0.05) is 66.7 Å². The Morgan fingerprint density at radius 3 is 1.97 bits per heavy atom. The molecule has 0 aromatic heterocycles. The number of hydrogen-bond donors (Lipinski definition) is 4. The lowest BCUT2D eigenvalue weighted by atomic mass is 9.89. The Morgan fingerprint density at radius 2 is 1.36 bits per heavy atom. The van der Waals surface area contributed by atoms with Gasteiger partial charge < -0.3 is 25.4 Å². The molecule has 0 spiro atoms. The first kappa shape index (κ1) is 23.3. The number of ether oxygens (including phenoxy) is 1. The predicted molar refractivity (Wildman–Crippen MR) is 117 cm³/mol. The van der Waals surface area contributed by atoms with Crippen molar-refractivity contribution in [2.75, 3.05) is 0 Å². The van der Waals surface area contributed by atoms with Crippen LogP contribution in [0.1, 0.15) is 22.6 Å². The molecule has 0 aliphatic carbocycles. The molecule has 3 aromatic rings. The van der Waals surface area contributed by atoms with Crippen molar-refractivity contribution >= 4 is 34.8 Å². The van der Waals surface area contributed by atoms with E-state index in [0.29, 0.717) is 16.3 Å². The number of carboxylic acids is 3. The average Bonchev–Trinajstić information content (AvgIpc) is 2.78. The second kappa shape index (κ2) is 10.3. The molecule has 0 fully saturated rings. The Morgan fingerprint density at radius 1 is 0.758 bits per heavy atom. The summed E-state index contributed by atoms with van der Waals surface area (Å²) in [4.78, 5) is 46.9. The minimum absolute atomic E-state index is 0.0254. The zero-order chi connectivity index (χ0) is 24.0. The Balaban J connectivity index is 1.83. The van der Waals surface area contributed by atoms with E-state index in [-0.39, 0.29) is 18.6 Å². The van der Waals surface area contributed by atoms with E-state index in [2.05, 4.69) is 5.32 Å². The molecule has 170 valence electrons. The summed E-state index contributed by atoms with van der Waals surface area (Å²) in [6.07, 6.45) is -1.02. The van der Waals surface area contributed by atoms with Crippen LogP contribution in [0.5, 0.6) is 0 Å². The summed E-state index contributed by atoms with van der Waals surface area (Å²) >= 11 is 0. The number of carbonyl (C=O) groups excluding carboxylic acids is 1. The molecule has 0 saturated carbocycles. The van der Waals surface area contributed by atoms with Gasteiger partial charge in [-0.3, -0.25) is 9.59 Å². The van der Waals surface area contributed by atoms with Gasteiger partial charge in [0.1, 0.15) is 12.6 Å². The molecule has 33 heavy (non-hydrogen) atoms. The van der Waals surface area contributed by atoms with Crippen LogP contribution in [0.15, 0.2) is 66.7 Å². The van der Waals surface area contributed by atoms with Crippen molar-refractivity contribution in [2.45, 2.75) is 25.0 Å². The van der Waals surface area contributed by atoms with Crippen LogP contribution in [-0.4, -0.2) is 45.4 Å². The second-order valence-electron chi connectivity index (χ2n) is 7.27. The molecule has 0 heterocycles. The minimum Gasteiger partial charge on any atom is -0.480 e.